The standard InChI is InChI=1S/C20H17N5O2/c1-25-12-15(11-23-25)17-6-7-21-9-13(17)3-5-19(26)24-16-4-2-14-10-22-20(27)18(14)8-16/h2-9,11-12H,10H2,1H3,(H,22,27)(H,24,26)/b5-3+. The Labute approximate surface area is 155 Å². The minimum Gasteiger partial charge on any atom is -0.348 e. The Morgan fingerprint density at radius 3 is 2.96 bits per heavy atom. The molecule has 0 spiro atoms. The summed E-state index contributed by atoms with van der Waals surface area (Å²) in [5.41, 5.74) is 4.82. The third-order valence-electron chi connectivity index (χ3n) is 4.34. The van der Waals surface area contributed by atoms with Crippen LogP contribution in [0.2, 0.25) is 0 Å². The molecule has 7 heteroatoms. The molecule has 7 nitrogen and oxygen atoms in total. The number of pyridine rings is 1. The van der Waals surface area contributed by atoms with Gasteiger partial charge in [0.05, 0.1) is 6.20 Å². The van der Waals surface area contributed by atoms with Crippen LogP contribution in [0.4, 0.5) is 5.69 Å². The Morgan fingerprint density at radius 1 is 1.26 bits per heavy atom. The summed E-state index contributed by atoms with van der Waals surface area (Å²) < 4.78 is 1.72. The van der Waals surface area contributed by atoms with Gasteiger partial charge < -0.3 is 10.6 Å². The van der Waals surface area contributed by atoms with Gasteiger partial charge in [0.25, 0.3) is 5.91 Å². The van der Waals surface area contributed by atoms with E-state index in [1.54, 1.807) is 41.5 Å². The highest BCUT2D eigenvalue weighted by Gasteiger charge is 2.18. The molecule has 0 fully saturated rings. The Morgan fingerprint density at radius 2 is 2.15 bits per heavy atom. The second kappa shape index (κ2) is 6.87. The van der Waals surface area contributed by atoms with Gasteiger partial charge in [0, 0.05) is 60.6 Å². The van der Waals surface area contributed by atoms with Crippen molar-refractivity contribution in [2.45, 2.75) is 6.54 Å². The van der Waals surface area contributed by atoms with E-state index in [9.17, 15) is 9.59 Å². The molecule has 0 radical (unpaired) electrons. The maximum Gasteiger partial charge on any atom is 0.251 e. The van der Waals surface area contributed by atoms with E-state index >= 15 is 0 Å². The number of carbonyl (C=O) groups excluding carboxylic acids is 2. The molecule has 0 saturated heterocycles. The second-order valence-corrected chi connectivity index (χ2v) is 6.24. The molecule has 2 aromatic heterocycles. The lowest BCUT2D eigenvalue weighted by Crippen LogP contribution is -2.13. The normalized spacial score (nSPS) is 12.9. The Balaban J connectivity index is 1.52. The third kappa shape index (κ3) is 3.48. The number of aryl methyl sites for hydroxylation is 1. The van der Waals surface area contributed by atoms with E-state index in [1.807, 2.05) is 25.4 Å². The monoisotopic (exact) mass is 359 g/mol. The van der Waals surface area contributed by atoms with Gasteiger partial charge in [-0.1, -0.05) is 6.07 Å². The molecule has 2 amide bonds. The summed E-state index contributed by atoms with van der Waals surface area (Å²) in [5.74, 6) is -0.401. The van der Waals surface area contributed by atoms with E-state index in [2.05, 4.69) is 20.7 Å². The molecular weight excluding hydrogens is 342 g/mol. The summed E-state index contributed by atoms with van der Waals surface area (Å²) in [4.78, 5) is 28.2. The third-order valence-corrected chi connectivity index (χ3v) is 4.34. The molecule has 3 aromatic rings. The van der Waals surface area contributed by atoms with Gasteiger partial charge >= 0.3 is 0 Å². The topological polar surface area (TPSA) is 88.9 Å². The van der Waals surface area contributed by atoms with Crippen molar-refractivity contribution in [3.63, 3.8) is 0 Å². The Kier molecular flexibility index (Phi) is 4.25. The van der Waals surface area contributed by atoms with Crippen LogP contribution < -0.4 is 10.6 Å². The molecule has 0 aliphatic carbocycles. The van der Waals surface area contributed by atoms with Crippen LogP contribution in [0.15, 0.2) is 55.1 Å². The van der Waals surface area contributed by atoms with E-state index in [0.29, 0.717) is 17.8 Å². The van der Waals surface area contributed by atoms with E-state index in [4.69, 9.17) is 0 Å². The van der Waals surface area contributed by atoms with Crippen LogP contribution in [0.5, 0.6) is 0 Å². The highest BCUT2D eigenvalue weighted by atomic mass is 16.2. The molecular formula is C20H17N5O2. The van der Waals surface area contributed by atoms with Gasteiger partial charge in [-0.25, -0.2) is 0 Å². The fourth-order valence-corrected chi connectivity index (χ4v) is 3.00. The minimum absolute atomic E-state index is 0.117. The lowest BCUT2D eigenvalue weighted by molar-refractivity contribution is -0.111. The molecule has 134 valence electrons. The summed E-state index contributed by atoms with van der Waals surface area (Å²) in [7, 11) is 1.85. The Bertz CT molecular complexity index is 1070. The average molecular weight is 359 g/mol. The zero-order valence-electron chi connectivity index (χ0n) is 14.6. The molecule has 2 N–H and O–H groups in total. The molecule has 4 rings (SSSR count). The number of hydrogen-bond acceptors (Lipinski definition) is 4. The van der Waals surface area contributed by atoms with Crippen molar-refractivity contribution < 1.29 is 9.59 Å². The summed E-state index contributed by atoms with van der Waals surface area (Å²) in [5, 5.41) is 9.72. The number of nitrogens with one attached hydrogen (secondary N) is 2. The number of anilines is 1. The lowest BCUT2D eigenvalue weighted by Gasteiger charge is -2.05. The minimum atomic E-state index is -0.283. The van der Waals surface area contributed by atoms with Gasteiger partial charge in [-0.2, -0.15) is 5.10 Å². The summed E-state index contributed by atoms with van der Waals surface area (Å²) in [6.07, 6.45) is 10.2. The van der Waals surface area contributed by atoms with E-state index < -0.39 is 0 Å². The van der Waals surface area contributed by atoms with Crippen LogP contribution in [0, 0.1) is 0 Å². The number of amides is 2. The maximum atomic E-state index is 12.3. The lowest BCUT2D eigenvalue weighted by atomic mass is 10.0. The first-order valence-corrected chi connectivity index (χ1v) is 8.43. The number of benzene rings is 1. The molecule has 0 unspecified atom stereocenters. The largest absolute Gasteiger partial charge is 0.348 e. The number of carbonyl (C=O) groups is 2. The fourth-order valence-electron chi connectivity index (χ4n) is 3.00. The quantitative estimate of drug-likeness (QED) is 0.700. The molecule has 0 bridgehead atoms. The van der Waals surface area contributed by atoms with Gasteiger partial charge in [0.15, 0.2) is 0 Å². The Hall–Kier alpha value is -3.74. The molecule has 0 atom stereocenters. The van der Waals surface area contributed by atoms with E-state index in [0.717, 1.165) is 22.3 Å². The fraction of sp³-hybridized carbons (Fsp3) is 0.100. The van der Waals surface area contributed by atoms with Crippen LogP contribution in [0.1, 0.15) is 21.5 Å². The van der Waals surface area contributed by atoms with Crippen molar-refractivity contribution in [3.8, 4) is 11.1 Å². The molecule has 1 aromatic carbocycles. The van der Waals surface area contributed by atoms with Crippen LogP contribution in [0.3, 0.4) is 0 Å². The second-order valence-electron chi connectivity index (χ2n) is 6.24. The maximum absolute atomic E-state index is 12.3. The number of rotatable bonds is 4. The zero-order valence-corrected chi connectivity index (χ0v) is 14.6. The number of aromatic nitrogens is 3. The molecule has 0 saturated carbocycles. The highest BCUT2D eigenvalue weighted by Crippen LogP contribution is 2.23. The number of nitrogens with zero attached hydrogens (tertiary/aromatic N) is 3. The summed E-state index contributed by atoms with van der Waals surface area (Å²) in [6.45, 7) is 0.528. The van der Waals surface area contributed by atoms with E-state index in [1.165, 1.54) is 6.08 Å². The van der Waals surface area contributed by atoms with Gasteiger partial charge in [-0.05, 0) is 35.4 Å². The zero-order chi connectivity index (χ0) is 18.8. The number of hydrogen-bond donors (Lipinski definition) is 2. The van der Waals surface area contributed by atoms with Crippen molar-refractivity contribution in [1.29, 1.82) is 0 Å². The first-order valence-electron chi connectivity index (χ1n) is 8.43. The molecule has 27 heavy (non-hydrogen) atoms. The summed E-state index contributed by atoms with van der Waals surface area (Å²) in [6, 6.07) is 7.20. The predicted molar refractivity (Wildman–Crippen MR) is 102 cm³/mol. The van der Waals surface area contributed by atoms with Crippen molar-refractivity contribution in [2.75, 3.05) is 5.32 Å². The van der Waals surface area contributed by atoms with Crippen LogP contribution in [-0.2, 0) is 18.4 Å². The first kappa shape index (κ1) is 16.7. The van der Waals surface area contributed by atoms with Crippen LogP contribution in [-0.4, -0.2) is 26.6 Å². The summed E-state index contributed by atoms with van der Waals surface area (Å²) >= 11 is 0. The number of fused-ring (bicyclic) bond motifs is 1. The van der Waals surface area contributed by atoms with Gasteiger partial charge in [-0.15, -0.1) is 0 Å². The van der Waals surface area contributed by atoms with Crippen molar-refractivity contribution >= 4 is 23.6 Å². The first-order chi connectivity index (χ1) is 13.1. The highest BCUT2D eigenvalue weighted by molar-refractivity contribution is 6.04. The van der Waals surface area contributed by atoms with Crippen LogP contribution >= 0.6 is 0 Å². The van der Waals surface area contributed by atoms with Crippen molar-refractivity contribution in [3.05, 3.63) is 71.8 Å². The smallest absolute Gasteiger partial charge is 0.251 e. The van der Waals surface area contributed by atoms with Gasteiger partial charge in [-0.3, -0.25) is 19.3 Å². The van der Waals surface area contributed by atoms with E-state index in [-0.39, 0.29) is 11.8 Å². The molecule has 1 aliphatic rings. The van der Waals surface area contributed by atoms with Gasteiger partial charge in [0.1, 0.15) is 0 Å². The average Bonchev–Trinajstić information content (AvgIpc) is 3.26. The van der Waals surface area contributed by atoms with Crippen molar-refractivity contribution in [1.82, 2.24) is 20.1 Å². The predicted octanol–water partition coefficient (Wildman–Crippen LogP) is 2.38. The van der Waals surface area contributed by atoms with Gasteiger partial charge in [0.2, 0.25) is 5.91 Å². The molecule has 3 heterocycles. The van der Waals surface area contributed by atoms with Crippen LogP contribution in [0.25, 0.3) is 17.2 Å². The van der Waals surface area contributed by atoms with Crippen molar-refractivity contribution in [2.24, 2.45) is 7.05 Å². The molecule has 1 aliphatic heterocycles. The SMILES string of the molecule is Cn1cc(-c2ccncc2/C=C/C(=O)Nc2ccc3c(c2)C(=O)NC3)cn1.